The average Bonchev–Trinajstić information content (AvgIpc) is 2.35. The molecule has 1 rings (SSSR count). The van der Waals surface area contributed by atoms with Crippen molar-refractivity contribution in [3.05, 3.63) is 0 Å². The standard InChI is InChI=1S/C12H22N2O3S/c1-18-6-4-10(12(16)17)14-11(15)7-9-3-2-5-13-8-9/h9-10,13H,2-8H2,1H3,(H,14,15)(H,16,17). The van der Waals surface area contributed by atoms with Crippen LogP contribution in [0.15, 0.2) is 0 Å². The van der Waals surface area contributed by atoms with Crippen LogP contribution in [-0.4, -0.2) is 48.1 Å². The van der Waals surface area contributed by atoms with E-state index in [0.29, 0.717) is 18.8 Å². The Labute approximate surface area is 112 Å². The second kappa shape index (κ2) is 8.37. The molecule has 0 aromatic rings. The SMILES string of the molecule is CSCCC(NC(=O)CC1CCCNC1)C(=O)O. The van der Waals surface area contributed by atoms with Gasteiger partial charge >= 0.3 is 5.97 Å². The van der Waals surface area contributed by atoms with Gasteiger partial charge in [-0.2, -0.15) is 11.8 Å². The van der Waals surface area contributed by atoms with E-state index in [2.05, 4.69) is 10.6 Å². The lowest BCUT2D eigenvalue weighted by molar-refractivity contribution is -0.142. The smallest absolute Gasteiger partial charge is 0.326 e. The highest BCUT2D eigenvalue weighted by Crippen LogP contribution is 2.14. The fourth-order valence-corrected chi connectivity index (χ4v) is 2.58. The number of thioether (sulfide) groups is 1. The number of aliphatic carboxylic acids is 1. The van der Waals surface area contributed by atoms with Gasteiger partial charge in [0, 0.05) is 6.42 Å². The van der Waals surface area contributed by atoms with Crippen LogP contribution in [0.3, 0.4) is 0 Å². The summed E-state index contributed by atoms with van der Waals surface area (Å²) in [6.45, 7) is 1.87. The zero-order valence-electron chi connectivity index (χ0n) is 10.8. The summed E-state index contributed by atoms with van der Waals surface area (Å²) < 4.78 is 0. The summed E-state index contributed by atoms with van der Waals surface area (Å²) in [6, 6.07) is -0.749. The predicted molar refractivity (Wildman–Crippen MR) is 72.8 cm³/mol. The van der Waals surface area contributed by atoms with Gasteiger partial charge in [-0.1, -0.05) is 0 Å². The number of hydrogen-bond acceptors (Lipinski definition) is 4. The van der Waals surface area contributed by atoms with Crippen molar-refractivity contribution in [1.82, 2.24) is 10.6 Å². The third-order valence-corrected chi connectivity index (χ3v) is 3.76. The van der Waals surface area contributed by atoms with Gasteiger partial charge in [0.05, 0.1) is 0 Å². The number of rotatable bonds is 7. The molecule has 3 N–H and O–H groups in total. The molecule has 0 bridgehead atoms. The van der Waals surface area contributed by atoms with Crippen molar-refractivity contribution in [2.24, 2.45) is 5.92 Å². The summed E-state index contributed by atoms with van der Waals surface area (Å²) in [6.07, 6.45) is 4.96. The van der Waals surface area contributed by atoms with E-state index in [1.54, 1.807) is 11.8 Å². The Morgan fingerprint density at radius 1 is 1.56 bits per heavy atom. The molecule has 1 aliphatic rings. The fourth-order valence-electron chi connectivity index (χ4n) is 2.11. The molecule has 0 aromatic heterocycles. The van der Waals surface area contributed by atoms with Crippen LogP contribution in [0.25, 0.3) is 0 Å². The van der Waals surface area contributed by atoms with Gasteiger partial charge in [-0.25, -0.2) is 4.79 Å². The molecular formula is C12H22N2O3S. The first kappa shape index (κ1) is 15.3. The molecule has 1 saturated heterocycles. The van der Waals surface area contributed by atoms with Gasteiger partial charge in [0.25, 0.3) is 0 Å². The maximum atomic E-state index is 11.8. The van der Waals surface area contributed by atoms with E-state index < -0.39 is 12.0 Å². The minimum atomic E-state index is -0.945. The quantitative estimate of drug-likeness (QED) is 0.637. The van der Waals surface area contributed by atoms with Crippen LogP contribution in [-0.2, 0) is 9.59 Å². The Morgan fingerprint density at radius 2 is 2.33 bits per heavy atom. The van der Waals surface area contributed by atoms with E-state index in [4.69, 9.17) is 5.11 Å². The number of carboxylic acid groups (broad SMARTS) is 1. The molecule has 5 nitrogen and oxygen atoms in total. The molecule has 2 atom stereocenters. The summed E-state index contributed by atoms with van der Waals surface area (Å²) in [5.74, 6) is -0.00694. The summed E-state index contributed by atoms with van der Waals surface area (Å²) in [5, 5.41) is 14.9. The Kier molecular flexibility index (Phi) is 7.12. The van der Waals surface area contributed by atoms with Crippen molar-refractivity contribution < 1.29 is 14.7 Å². The molecule has 0 aliphatic carbocycles. The Morgan fingerprint density at radius 3 is 2.89 bits per heavy atom. The van der Waals surface area contributed by atoms with Crippen LogP contribution >= 0.6 is 11.8 Å². The normalized spacial score (nSPS) is 21.3. The van der Waals surface area contributed by atoms with Gasteiger partial charge < -0.3 is 15.7 Å². The van der Waals surface area contributed by atoms with Gasteiger partial charge in [-0.05, 0) is 50.3 Å². The topological polar surface area (TPSA) is 78.4 Å². The van der Waals surface area contributed by atoms with Crippen molar-refractivity contribution >= 4 is 23.6 Å². The minimum absolute atomic E-state index is 0.141. The van der Waals surface area contributed by atoms with Crippen LogP contribution in [0.4, 0.5) is 0 Å². The maximum absolute atomic E-state index is 11.8. The number of carbonyl (C=O) groups is 2. The van der Waals surface area contributed by atoms with E-state index in [9.17, 15) is 9.59 Å². The first-order valence-corrected chi connectivity index (χ1v) is 7.74. The number of piperidine rings is 1. The lowest BCUT2D eigenvalue weighted by Crippen LogP contribution is -2.43. The lowest BCUT2D eigenvalue weighted by atomic mass is 9.96. The Hall–Kier alpha value is -0.750. The zero-order valence-corrected chi connectivity index (χ0v) is 11.6. The van der Waals surface area contributed by atoms with E-state index in [0.717, 1.165) is 31.7 Å². The van der Waals surface area contributed by atoms with Crippen LogP contribution in [0.1, 0.15) is 25.7 Å². The Bertz CT molecular complexity index is 280. The van der Waals surface area contributed by atoms with Gasteiger partial charge in [0.1, 0.15) is 6.04 Å². The van der Waals surface area contributed by atoms with Crippen molar-refractivity contribution in [2.45, 2.75) is 31.7 Å². The third-order valence-electron chi connectivity index (χ3n) is 3.12. The van der Waals surface area contributed by atoms with Crippen LogP contribution in [0.5, 0.6) is 0 Å². The molecule has 0 radical (unpaired) electrons. The molecule has 6 heteroatoms. The lowest BCUT2D eigenvalue weighted by Gasteiger charge is -2.23. The first-order chi connectivity index (χ1) is 8.63. The maximum Gasteiger partial charge on any atom is 0.326 e. The average molecular weight is 274 g/mol. The van der Waals surface area contributed by atoms with Crippen LogP contribution in [0.2, 0.25) is 0 Å². The molecule has 0 saturated carbocycles. The van der Waals surface area contributed by atoms with Crippen LogP contribution in [0, 0.1) is 5.92 Å². The highest BCUT2D eigenvalue weighted by molar-refractivity contribution is 7.98. The summed E-state index contributed by atoms with van der Waals surface area (Å²) in [4.78, 5) is 22.8. The number of amides is 1. The summed E-state index contributed by atoms with van der Waals surface area (Å²) in [5.41, 5.74) is 0. The molecule has 2 unspecified atom stereocenters. The molecule has 1 aliphatic heterocycles. The molecule has 1 heterocycles. The second-order valence-electron chi connectivity index (χ2n) is 4.66. The van der Waals surface area contributed by atoms with E-state index in [1.165, 1.54) is 0 Å². The zero-order chi connectivity index (χ0) is 13.4. The summed E-state index contributed by atoms with van der Waals surface area (Å²) >= 11 is 1.59. The molecule has 104 valence electrons. The molecule has 0 aromatic carbocycles. The van der Waals surface area contributed by atoms with Gasteiger partial charge in [0.2, 0.25) is 5.91 Å². The predicted octanol–water partition coefficient (Wildman–Crippen LogP) is 0.699. The third kappa shape index (κ3) is 5.73. The van der Waals surface area contributed by atoms with Gasteiger partial charge in [0.15, 0.2) is 0 Å². The molecule has 1 fully saturated rings. The number of nitrogens with one attached hydrogen (secondary N) is 2. The molecular weight excluding hydrogens is 252 g/mol. The first-order valence-electron chi connectivity index (χ1n) is 6.35. The minimum Gasteiger partial charge on any atom is -0.480 e. The van der Waals surface area contributed by atoms with Gasteiger partial charge in [-0.3, -0.25) is 4.79 Å². The molecule has 1 amide bonds. The van der Waals surface area contributed by atoms with Crippen molar-refractivity contribution in [2.75, 3.05) is 25.1 Å². The van der Waals surface area contributed by atoms with E-state index >= 15 is 0 Å². The summed E-state index contributed by atoms with van der Waals surface area (Å²) in [7, 11) is 0. The van der Waals surface area contributed by atoms with Gasteiger partial charge in [-0.15, -0.1) is 0 Å². The fraction of sp³-hybridized carbons (Fsp3) is 0.833. The van der Waals surface area contributed by atoms with E-state index in [-0.39, 0.29) is 5.91 Å². The van der Waals surface area contributed by atoms with Crippen molar-refractivity contribution in [1.29, 1.82) is 0 Å². The highest BCUT2D eigenvalue weighted by Gasteiger charge is 2.22. The van der Waals surface area contributed by atoms with E-state index in [1.807, 2.05) is 6.26 Å². The number of carboxylic acids is 1. The molecule has 18 heavy (non-hydrogen) atoms. The van der Waals surface area contributed by atoms with Crippen molar-refractivity contribution in [3.8, 4) is 0 Å². The Balaban J connectivity index is 2.32. The number of carbonyl (C=O) groups excluding carboxylic acids is 1. The largest absolute Gasteiger partial charge is 0.480 e. The van der Waals surface area contributed by atoms with Crippen LogP contribution < -0.4 is 10.6 Å². The monoisotopic (exact) mass is 274 g/mol. The highest BCUT2D eigenvalue weighted by atomic mass is 32.2. The second-order valence-corrected chi connectivity index (χ2v) is 5.64. The number of hydrogen-bond donors (Lipinski definition) is 3. The van der Waals surface area contributed by atoms with Crippen molar-refractivity contribution in [3.63, 3.8) is 0 Å². The molecule has 0 spiro atoms.